The molecule has 0 spiro atoms. The van der Waals surface area contributed by atoms with Crippen molar-refractivity contribution in [3.05, 3.63) is 29.8 Å². The largest absolute Gasteiger partial charge is 0.353 e. The van der Waals surface area contributed by atoms with E-state index in [1.54, 1.807) is 0 Å². The van der Waals surface area contributed by atoms with Crippen molar-refractivity contribution in [1.29, 1.82) is 0 Å². The van der Waals surface area contributed by atoms with Gasteiger partial charge in [-0.05, 0) is 57.6 Å². The molecule has 1 fully saturated rings. The van der Waals surface area contributed by atoms with Gasteiger partial charge in [-0.15, -0.1) is 0 Å². The minimum absolute atomic E-state index is 0.0160. The fraction of sp³-hybridized carbons (Fsp3) is 0.579. The van der Waals surface area contributed by atoms with Gasteiger partial charge in [-0.2, -0.15) is 0 Å². The van der Waals surface area contributed by atoms with Gasteiger partial charge in [-0.25, -0.2) is 0 Å². The molecule has 0 radical (unpaired) electrons. The standard InChI is InChI=1S/C19H28N2O2/c1-4-14(3)20-18(22)15-9-11-16(12-10-15)19(23)21-17-8-6-5-7-13(17)2/h5-8,14-16H,4,9-12H2,1-3H3,(H,20,22)(H,21,23). The third kappa shape index (κ3) is 4.81. The minimum Gasteiger partial charge on any atom is -0.353 e. The Hall–Kier alpha value is -1.84. The van der Waals surface area contributed by atoms with Crippen LogP contribution in [-0.4, -0.2) is 17.9 Å². The van der Waals surface area contributed by atoms with Crippen molar-refractivity contribution in [3.8, 4) is 0 Å². The van der Waals surface area contributed by atoms with E-state index >= 15 is 0 Å². The van der Waals surface area contributed by atoms with Crippen LogP contribution < -0.4 is 10.6 Å². The number of hydrogen-bond acceptors (Lipinski definition) is 2. The molecule has 2 N–H and O–H groups in total. The summed E-state index contributed by atoms with van der Waals surface area (Å²) in [6.45, 7) is 6.09. The van der Waals surface area contributed by atoms with Crippen LogP contribution in [0.1, 0.15) is 51.5 Å². The number of anilines is 1. The predicted octanol–water partition coefficient (Wildman–Crippen LogP) is 3.65. The van der Waals surface area contributed by atoms with Crippen LogP contribution in [0.4, 0.5) is 5.69 Å². The fourth-order valence-electron chi connectivity index (χ4n) is 3.03. The van der Waals surface area contributed by atoms with Gasteiger partial charge in [0.05, 0.1) is 0 Å². The van der Waals surface area contributed by atoms with Gasteiger partial charge >= 0.3 is 0 Å². The van der Waals surface area contributed by atoms with Crippen molar-refractivity contribution in [2.24, 2.45) is 11.8 Å². The molecule has 126 valence electrons. The Bertz CT molecular complexity index is 548. The van der Waals surface area contributed by atoms with Gasteiger partial charge in [-0.3, -0.25) is 9.59 Å². The van der Waals surface area contributed by atoms with E-state index in [4.69, 9.17) is 0 Å². The molecule has 0 heterocycles. The zero-order valence-electron chi connectivity index (χ0n) is 14.4. The van der Waals surface area contributed by atoms with Crippen molar-refractivity contribution in [3.63, 3.8) is 0 Å². The molecule has 0 bridgehead atoms. The van der Waals surface area contributed by atoms with Crippen LogP contribution >= 0.6 is 0 Å². The van der Waals surface area contributed by atoms with E-state index in [0.29, 0.717) is 0 Å². The van der Waals surface area contributed by atoms with E-state index < -0.39 is 0 Å². The SMILES string of the molecule is CCC(C)NC(=O)C1CCC(C(=O)Nc2ccccc2C)CC1. The van der Waals surface area contributed by atoms with Gasteiger partial charge in [0.15, 0.2) is 0 Å². The number of benzene rings is 1. The maximum Gasteiger partial charge on any atom is 0.227 e. The van der Waals surface area contributed by atoms with Crippen molar-refractivity contribution in [2.75, 3.05) is 5.32 Å². The molecular formula is C19H28N2O2. The van der Waals surface area contributed by atoms with E-state index in [0.717, 1.165) is 43.4 Å². The molecule has 1 aliphatic rings. The predicted molar refractivity (Wildman–Crippen MR) is 93.2 cm³/mol. The van der Waals surface area contributed by atoms with Crippen LogP contribution in [-0.2, 0) is 9.59 Å². The number of carbonyl (C=O) groups excluding carboxylic acids is 2. The first kappa shape index (κ1) is 17.5. The highest BCUT2D eigenvalue weighted by atomic mass is 16.2. The lowest BCUT2D eigenvalue weighted by Gasteiger charge is -2.28. The van der Waals surface area contributed by atoms with Crippen LogP contribution in [0.15, 0.2) is 24.3 Å². The average Bonchev–Trinajstić information content (AvgIpc) is 2.56. The Kier molecular flexibility index (Phi) is 6.20. The quantitative estimate of drug-likeness (QED) is 0.871. The van der Waals surface area contributed by atoms with Crippen LogP contribution in [0.5, 0.6) is 0 Å². The second-order valence-corrected chi connectivity index (χ2v) is 6.67. The summed E-state index contributed by atoms with van der Waals surface area (Å²) in [4.78, 5) is 24.6. The smallest absolute Gasteiger partial charge is 0.227 e. The molecule has 2 rings (SSSR count). The van der Waals surface area contributed by atoms with E-state index in [-0.39, 0.29) is 29.7 Å². The zero-order chi connectivity index (χ0) is 16.8. The lowest BCUT2D eigenvalue weighted by atomic mass is 9.81. The number of carbonyl (C=O) groups is 2. The second kappa shape index (κ2) is 8.14. The first-order valence-corrected chi connectivity index (χ1v) is 8.68. The highest BCUT2D eigenvalue weighted by Gasteiger charge is 2.30. The monoisotopic (exact) mass is 316 g/mol. The molecule has 4 heteroatoms. The number of hydrogen-bond donors (Lipinski definition) is 2. The number of aryl methyl sites for hydroxylation is 1. The molecule has 0 aliphatic heterocycles. The average molecular weight is 316 g/mol. The van der Waals surface area contributed by atoms with Gasteiger partial charge in [-0.1, -0.05) is 25.1 Å². The molecule has 4 nitrogen and oxygen atoms in total. The van der Waals surface area contributed by atoms with Gasteiger partial charge in [0, 0.05) is 23.6 Å². The molecule has 1 saturated carbocycles. The Balaban J connectivity index is 1.83. The molecule has 1 aliphatic carbocycles. The molecule has 0 saturated heterocycles. The van der Waals surface area contributed by atoms with Gasteiger partial charge in [0.1, 0.15) is 0 Å². The third-order valence-electron chi connectivity index (χ3n) is 4.87. The van der Waals surface area contributed by atoms with Crippen molar-refractivity contribution >= 4 is 17.5 Å². The summed E-state index contributed by atoms with van der Waals surface area (Å²) in [6.07, 6.45) is 4.12. The molecule has 1 atom stereocenters. The van der Waals surface area contributed by atoms with E-state index in [1.807, 2.05) is 38.1 Å². The summed E-state index contributed by atoms with van der Waals surface area (Å²) in [5.74, 6) is 0.311. The van der Waals surface area contributed by atoms with Crippen LogP contribution in [0.2, 0.25) is 0 Å². The van der Waals surface area contributed by atoms with Crippen LogP contribution in [0, 0.1) is 18.8 Å². The normalized spacial score (nSPS) is 22.2. The highest BCUT2D eigenvalue weighted by Crippen LogP contribution is 2.30. The molecule has 0 aromatic heterocycles. The van der Waals surface area contributed by atoms with Crippen LogP contribution in [0.3, 0.4) is 0 Å². The lowest BCUT2D eigenvalue weighted by molar-refractivity contribution is -0.129. The lowest BCUT2D eigenvalue weighted by Crippen LogP contribution is -2.39. The summed E-state index contributed by atoms with van der Waals surface area (Å²) in [5.41, 5.74) is 1.96. The number of nitrogens with one attached hydrogen (secondary N) is 2. The summed E-state index contributed by atoms with van der Waals surface area (Å²) in [6, 6.07) is 8.04. The number of rotatable bonds is 5. The topological polar surface area (TPSA) is 58.2 Å². The maximum atomic E-state index is 12.4. The molecule has 1 aromatic carbocycles. The molecule has 23 heavy (non-hydrogen) atoms. The minimum atomic E-state index is 0.0160. The summed E-state index contributed by atoms with van der Waals surface area (Å²) >= 11 is 0. The Morgan fingerprint density at radius 1 is 1.09 bits per heavy atom. The Morgan fingerprint density at radius 3 is 2.22 bits per heavy atom. The zero-order valence-corrected chi connectivity index (χ0v) is 14.4. The first-order valence-electron chi connectivity index (χ1n) is 8.68. The van der Waals surface area contributed by atoms with Gasteiger partial charge < -0.3 is 10.6 Å². The van der Waals surface area contributed by atoms with Crippen molar-refractivity contribution in [2.45, 2.75) is 58.9 Å². The number of amides is 2. The maximum absolute atomic E-state index is 12.4. The summed E-state index contributed by atoms with van der Waals surface area (Å²) < 4.78 is 0. The first-order chi connectivity index (χ1) is 11.0. The number of para-hydroxylation sites is 1. The molecule has 1 aromatic rings. The van der Waals surface area contributed by atoms with Gasteiger partial charge in [0.2, 0.25) is 11.8 Å². The Morgan fingerprint density at radius 2 is 1.65 bits per heavy atom. The Labute approximate surface area is 139 Å². The van der Waals surface area contributed by atoms with Crippen molar-refractivity contribution in [1.82, 2.24) is 5.32 Å². The van der Waals surface area contributed by atoms with Gasteiger partial charge in [0.25, 0.3) is 0 Å². The summed E-state index contributed by atoms with van der Waals surface area (Å²) in [5, 5.41) is 6.08. The van der Waals surface area contributed by atoms with Crippen molar-refractivity contribution < 1.29 is 9.59 Å². The summed E-state index contributed by atoms with van der Waals surface area (Å²) in [7, 11) is 0. The molecule has 1 unspecified atom stereocenters. The fourth-order valence-corrected chi connectivity index (χ4v) is 3.03. The van der Waals surface area contributed by atoms with E-state index in [9.17, 15) is 9.59 Å². The molecular weight excluding hydrogens is 288 g/mol. The van der Waals surface area contributed by atoms with Crippen LogP contribution in [0.25, 0.3) is 0 Å². The van der Waals surface area contributed by atoms with E-state index in [1.165, 1.54) is 0 Å². The van der Waals surface area contributed by atoms with E-state index in [2.05, 4.69) is 17.6 Å². The molecule has 2 amide bonds. The third-order valence-corrected chi connectivity index (χ3v) is 4.87. The second-order valence-electron chi connectivity index (χ2n) is 6.67. The highest BCUT2D eigenvalue weighted by molar-refractivity contribution is 5.93.